The molecule has 0 amide bonds. The molecule has 0 aromatic rings. The molecule has 0 aliphatic heterocycles. The summed E-state index contributed by atoms with van der Waals surface area (Å²) >= 11 is 10.9. The van der Waals surface area contributed by atoms with Crippen molar-refractivity contribution in [1.82, 2.24) is 0 Å². The number of allylic oxidation sites excluding steroid dienone is 4. The van der Waals surface area contributed by atoms with Crippen molar-refractivity contribution in [3.63, 3.8) is 0 Å². The molecule has 0 aliphatic carbocycles. The Bertz CT molecular complexity index is 103. The molecule has 0 unspecified atom stereocenters. The first-order chi connectivity index (χ1) is 3.81. The minimum atomic E-state index is 0.475. The second kappa shape index (κ2) is 5.20. The lowest BCUT2D eigenvalue weighted by Crippen LogP contribution is -1.63. The van der Waals surface area contributed by atoms with Crippen molar-refractivity contribution in [3.8, 4) is 0 Å². The predicted octanol–water partition coefficient (Wildman–Crippen LogP) is 2.92. The summed E-state index contributed by atoms with van der Waals surface area (Å²) in [7, 11) is 0. The molecule has 0 saturated carbocycles. The first-order valence-electron chi connectivity index (χ1n) is 2.35. The van der Waals surface area contributed by atoms with Crippen LogP contribution in [0.25, 0.3) is 0 Å². The maximum Gasteiger partial charge on any atom is 0.0421 e. The quantitative estimate of drug-likeness (QED) is 0.420. The summed E-state index contributed by atoms with van der Waals surface area (Å²) in [5.41, 5.74) is 0. The second-order valence-corrected chi connectivity index (χ2v) is 1.99. The number of hydrogen-bond acceptors (Lipinski definition) is 0. The van der Waals surface area contributed by atoms with Crippen LogP contribution in [0.5, 0.6) is 0 Å². The number of rotatable bonds is 2. The number of halogens is 2. The Morgan fingerprint density at radius 2 is 2.25 bits per heavy atom. The van der Waals surface area contributed by atoms with Gasteiger partial charge in [-0.15, -0.1) is 11.6 Å². The van der Waals surface area contributed by atoms with Crippen molar-refractivity contribution < 1.29 is 0 Å². The summed E-state index contributed by atoms with van der Waals surface area (Å²) in [5.74, 6) is 0.475. The van der Waals surface area contributed by atoms with Crippen molar-refractivity contribution in [2.24, 2.45) is 0 Å². The normalized spacial score (nSPS) is 13.1. The van der Waals surface area contributed by atoms with Gasteiger partial charge in [0.2, 0.25) is 0 Å². The third-order valence-corrected chi connectivity index (χ3v) is 1.03. The van der Waals surface area contributed by atoms with E-state index in [1.807, 2.05) is 13.0 Å². The van der Waals surface area contributed by atoms with Crippen LogP contribution >= 0.6 is 23.2 Å². The molecule has 0 aromatic carbocycles. The minimum Gasteiger partial charge on any atom is -0.122 e. The van der Waals surface area contributed by atoms with Gasteiger partial charge in [-0.1, -0.05) is 23.8 Å². The maximum atomic E-state index is 5.57. The topological polar surface area (TPSA) is 0 Å². The van der Waals surface area contributed by atoms with Crippen molar-refractivity contribution in [1.29, 1.82) is 0 Å². The van der Waals surface area contributed by atoms with E-state index in [0.29, 0.717) is 10.9 Å². The first-order valence-corrected chi connectivity index (χ1v) is 3.27. The zero-order valence-corrected chi connectivity index (χ0v) is 6.21. The minimum absolute atomic E-state index is 0.475. The summed E-state index contributed by atoms with van der Waals surface area (Å²) in [6, 6.07) is 0. The first kappa shape index (κ1) is 8.06. The van der Waals surface area contributed by atoms with E-state index in [9.17, 15) is 0 Å². The number of alkyl halides is 1. The predicted molar refractivity (Wildman–Crippen MR) is 39.5 cm³/mol. The van der Waals surface area contributed by atoms with Crippen LogP contribution in [0.3, 0.4) is 0 Å². The molecule has 0 saturated heterocycles. The summed E-state index contributed by atoms with van der Waals surface area (Å²) in [6.07, 6.45) is 5.40. The van der Waals surface area contributed by atoms with Crippen LogP contribution < -0.4 is 0 Å². The Hall–Kier alpha value is 0.0600. The molecule has 0 N–H and O–H groups in total. The average molecular weight is 151 g/mol. The standard InChI is InChI=1S/C6H8Cl2/c1-2-3-6(8)4-5-7/h2-4H,5H2,1H3/b3-2+,6-4-. The van der Waals surface area contributed by atoms with Gasteiger partial charge in [-0.25, -0.2) is 0 Å². The fourth-order valence-electron chi connectivity index (χ4n) is 0.301. The zero-order valence-electron chi connectivity index (χ0n) is 4.70. The molecular formula is C6H8Cl2. The fourth-order valence-corrected chi connectivity index (χ4v) is 0.749. The monoisotopic (exact) mass is 150 g/mol. The Balaban J connectivity index is 3.61. The van der Waals surface area contributed by atoms with Gasteiger partial charge in [-0.2, -0.15) is 0 Å². The molecule has 0 bridgehead atoms. The lowest BCUT2D eigenvalue weighted by molar-refractivity contribution is 1.66. The Morgan fingerprint density at radius 1 is 1.62 bits per heavy atom. The average Bonchev–Trinajstić information content (AvgIpc) is 1.68. The van der Waals surface area contributed by atoms with Crippen LogP contribution in [0.2, 0.25) is 0 Å². The molecule has 0 heterocycles. The summed E-state index contributed by atoms with van der Waals surface area (Å²) in [4.78, 5) is 0. The molecular weight excluding hydrogens is 143 g/mol. The van der Waals surface area contributed by atoms with Crippen LogP contribution in [-0.2, 0) is 0 Å². The highest BCUT2D eigenvalue weighted by atomic mass is 35.5. The molecule has 2 heteroatoms. The van der Waals surface area contributed by atoms with E-state index >= 15 is 0 Å². The Kier molecular flexibility index (Phi) is 5.24. The smallest absolute Gasteiger partial charge is 0.0421 e. The second-order valence-electron chi connectivity index (χ2n) is 1.24. The summed E-state index contributed by atoms with van der Waals surface area (Å²) in [5, 5.41) is 0.697. The van der Waals surface area contributed by atoms with Gasteiger partial charge in [0.05, 0.1) is 0 Å². The van der Waals surface area contributed by atoms with E-state index in [2.05, 4.69) is 0 Å². The van der Waals surface area contributed by atoms with Gasteiger partial charge in [0, 0.05) is 10.9 Å². The molecule has 0 aliphatic rings. The molecule has 0 fully saturated rings. The zero-order chi connectivity index (χ0) is 6.41. The van der Waals surface area contributed by atoms with Gasteiger partial charge in [-0.05, 0) is 13.0 Å². The molecule has 0 nitrogen and oxygen atoms in total. The van der Waals surface area contributed by atoms with Crippen molar-refractivity contribution in [2.75, 3.05) is 5.88 Å². The van der Waals surface area contributed by atoms with E-state index in [-0.39, 0.29) is 0 Å². The van der Waals surface area contributed by atoms with Crippen LogP contribution in [0, 0.1) is 0 Å². The highest BCUT2D eigenvalue weighted by molar-refractivity contribution is 6.31. The van der Waals surface area contributed by atoms with Crippen LogP contribution in [-0.4, -0.2) is 5.88 Å². The van der Waals surface area contributed by atoms with Gasteiger partial charge >= 0.3 is 0 Å². The molecule has 0 spiro atoms. The van der Waals surface area contributed by atoms with Gasteiger partial charge in [0.25, 0.3) is 0 Å². The lowest BCUT2D eigenvalue weighted by atomic mass is 10.4. The summed E-state index contributed by atoms with van der Waals surface area (Å²) in [6.45, 7) is 1.91. The van der Waals surface area contributed by atoms with E-state index < -0.39 is 0 Å². The van der Waals surface area contributed by atoms with Crippen molar-refractivity contribution in [3.05, 3.63) is 23.3 Å². The third-order valence-electron chi connectivity index (χ3n) is 0.598. The fraction of sp³-hybridized carbons (Fsp3) is 0.333. The molecule has 46 valence electrons. The number of hydrogen-bond donors (Lipinski definition) is 0. The molecule has 0 rings (SSSR count). The molecule has 8 heavy (non-hydrogen) atoms. The Morgan fingerprint density at radius 3 is 2.62 bits per heavy atom. The molecule has 0 radical (unpaired) electrons. The van der Waals surface area contributed by atoms with E-state index in [1.165, 1.54) is 0 Å². The van der Waals surface area contributed by atoms with E-state index in [0.717, 1.165) is 0 Å². The van der Waals surface area contributed by atoms with Crippen LogP contribution in [0.15, 0.2) is 23.3 Å². The van der Waals surface area contributed by atoms with Crippen molar-refractivity contribution in [2.45, 2.75) is 6.92 Å². The van der Waals surface area contributed by atoms with Crippen LogP contribution in [0.1, 0.15) is 6.92 Å². The lowest BCUT2D eigenvalue weighted by Gasteiger charge is -1.81. The Labute approximate surface area is 59.8 Å². The SMILES string of the molecule is C/C=C/C(Cl)=C/CCl. The van der Waals surface area contributed by atoms with Gasteiger partial charge in [-0.3, -0.25) is 0 Å². The molecule has 0 atom stereocenters. The van der Waals surface area contributed by atoms with Gasteiger partial charge < -0.3 is 0 Å². The summed E-state index contributed by atoms with van der Waals surface area (Å²) < 4.78 is 0. The van der Waals surface area contributed by atoms with Gasteiger partial charge in [0.1, 0.15) is 0 Å². The third kappa shape index (κ3) is 4.23. The van der Waals surface area contributed by atoms with E-state index in [1.54, 1.807) is 12.2 Å². The van der Waals surface area contributed by atoms with Gasteiger partial charge in [0.15, 0.2) is 0 Å². The highest BCUT2D eigenvalue weighted by Crippen LogP contribution is 2.02. The van der Waals surface area contributed by atoms with E-state index in [4.69, 9.17) is 23.2 Å². The maximum absolute atomic E-state index is 5.57. The molecule has 0 aromatic heterocycles. The largest absolute Gasteiger partial charge is 0.122 e. The highest BCUT2D eigenvalue weighted by Gasteiger charge is 1.78. The van der Waals surface area contributed by atoms with Crippen LogP contribution in [0.4, 0.5) is 0 Å². The van der Waals surface area contributed by atoms with Crippen molar-refractivity contribution >= 4 is 23.2 Å².